The Morgan fingerprint density at radius 1 is 1.22 bits per heavy atom. The molecule has 0 aliphatic rings. The lowest BCUT2D eigenvalue weighted by Gasteiger charge is -2.04. The molecule has 0 aliphatic heterocycles. The Bertz CT molecular complexity index is 56.9. The van der Waals surface area contributed by atoms with Gasteiger partial charge in [-0.1, -0.05) is 0 Å². The van der Waals surface area contributed by atoms with Gasteiger partial charge in [-0.05, 0) is 0 Å². The summed E-state index contributed by atoms with van der Waals surface area (Å²) < 4.78 is 0. The van der Waals surface area contributed by atoms with Crippen LogP contribution < -0.4 is 0 Å². The van der Waals surface area contributed by atoms with E-state index in [4.69, 9.17) is 15.6 Å². The third-order valence-electron chi connectivity index (χ3n) is 0.809. The van der Waals surface area contributed by atoms with E-state index in [1.165, 1.54) is 0 Å². The van der Waals surface area contributed by atoms with Gasteiger partial charge in [-0.25, -0.2) is 9.78 Å². The fourth-order valence-electron chi connectivity index (χ4n) is 0.358. The van der Waals surface area contributed by atoms with Gasteiger partial charge in [0.2, 0.25) is 0 Å². The van der Waals surface area contributed by atoms with Crippen LogP contribution in [0.3, 0.4) is 0 Å². The lowest BCUT2D eigenvalue weighted by Crippen LogP contribution is -2.16. The molecule has 3 N–H and O–H groups in total. The topological polar surface area (TPSA) is 79.2 Å². The first-order valence-corrected chi connectivity index (χ1v) is 2.52. The van der Waals surface area contributed by atoms with Crippen molar-refractivity contribution >= 4 is 0 Å². The molecule has 0 rings (SSSR count). The fourth-order valence-corrected chi connectivity index (χ4v) is 0.358. The van der Waals surface area contributed by atoms with Gasteiger partial charge in [0.25, 0.3) is 0 Å². The van der Waals surface area contributed by atoms with Crippen molar-refractivity contribution in [2.24, 2.45) is 0 Å². The molecule has 5 nitrogen and oxygen atoms in total. The van der Waals surface area contributed by atoms with E-state index in [2.05, 4.69) is 9.78 Å². The van der Waals surface area contributed by atoms with Crippen LogP contribution in [0.4, 0.5) is 0 Å². The first-order chi connectivity index (χ1) is 4.31. The largest absolute Gasteiger partial charge is 0.391 e. The summed E-state index contributed by atoms with van der Waals surface area (Å²) in [7, 11) is 0. The lowest BCUT2D eigenvalue weighted by atomic mass is 10.3. The summed E-state index contributed by atoms with van der Waals surface area (Å²) in [5, 5.41) is 24.2. The zero-order valence-corrected chi connectivity index (χ0v) is 4.86. The Hall–Kier alpha value is -0.200. The molecule has 0 spiro atoms. The second-order valence-electron chi connectivity index (χ2n) is 1.57. The van der Waals surface area contributed by atoms with Gasteiger partial charge in [-0.2, -0.15) is 0 Å². The SMILES string of the molecule is OOCCC(O)COO. The first kappa shape index (κ1) is 8.80. The zero-order valence-electron chi connectivity index (χ0n) is 4.86. The highest BCUT2D eigenvalue weighted by Crippen LogP contribution is 1.90. The number of rotatable bonds is 5. The summed E-state index contributed by atoms with van der Waals surface area (Å²) in [6, 6.07) is 0. The van der Waals surface area contributed by atoms with Crippen LogP contribution in [0.5, 0.6) is 0 Å². The molecule has 0 bridgehead atoms. The number of hydrogen-bond donors (Lipinski definition) is 3. The molecule has 0 aromatic heterocycles. The third-order valence-corrected chi connectivity index (χ3v) is 0.809. The van der Waals surface area contributed by atoms with Crippen LogP contribution in [-0.2, 0) is 9.78 Å². The smallest absolute Gasteiger partial charge is 0.108 e. The summed E-state index contributed by atoms with van der Waals surface area (Å²) in [4.78, 5) is 7.28. The Morgan fingerprint density at radius 2 is 1.89 bits per heavy atom. The molecular formula is C4H10O5. The van der Waals surface area contributed by atoms with E-state index in [-0.39, 0.29) is 19.6 Å². The first-order valence-electron chi connectivity index (χ1n) is 2.52. The maximum Gasteiger partial charge on any atom is 0.108 e. The average molecular weight is 138 g/mol. The molecule has 0 aromatic rings. The molecule has 56 valence electrons. The summed E-state index contributed by atoms with van der Waals surface area (Å²) in [6.07, 6.45) is -0.556. The van der Waals surface area contributed by atoms with E-state index in [9.17, 15) is 0 Å². The molecule has 0 radical (unpaired) electrons. The molecule has 0 amide bonds. The molecule has 0 aromatic carbocycles. The minimum atomic E-state index is -0.790. The van der Waals surface area contributed by atoms with Gasteiger partial charge in [0, 0.05) is 6.42 Å². The van der Waals surface area contributed by atoms with Gasteiger partial charge >= 0.3 is 0 Å². The van der Waals surface area contributed by atoms with E-state index in [0.717, 1.165) is 0 Å². The van der Waals surface area contributed by atoms with Crippen LogP contribution in [0.2, 0.25) is 0 Å². The Morgan fingerprint density at radius 3 is 2.33 bits per heavy atom. The van der Waals surface area contributed by atoms with Gasteiger partial charge < -0.3 is 5.11 Å². The lowest BCUT2D eigenvalue weighted by molar-refractivity contribution is -0.267. The highest BCUT2D eigenvalue weighted by atomic mass is 17.1. The second-order valence-corrected chi connectivity index (χ2v) is 1.57. The van der Waals surface area contributed by atoms with Crippen LogP contribution >= 0.6 is 0 Å². The average Bonchev–Trinajstić information content (AvgIpc) is 1.85. The van der Waals surface area contributed by atoms with Crippen molar-refractivity contribution in [3.63, 3.8) is 0 Å². The molecule has 0 saturated heterocycles. The van der Waals surface area contributed by atoms with Gasteiger partial charge in [-0.3, -0.25) is 10.5 Å². The standard InChI is InChI=1S/C4H10O5/c5-4(3-9-7)1-2-8-6/h4-7H,1-3H2. The van der Waals surface area contributed by atoms with E-state index in [1.807, 2.05) is 0 Å². The molecule has 1 atom stereocenters. The molecule has 9 heavy (non-hydrogen) atoms. The van der Waals surface area contributed by atoms with Crippen LogP contribution in [0.15, 0.2) is 0 Å². The monoisotopic (exact) mass is 138 g/mol. The van der Waals surface area contributed by atoms with Gasteiger partial charge in [0.15, 0.2) is 0 Å². The minimum Gasteiger partial charge on any atom is -0.391 e. The molecule has 5 heteroatoms. The van der Waals surface area contributed by atoms with Crippen LogP contribution in [0.1, 0.15) is 6.42 Å². The predicted octanol–water partition coefficient (Wildman–Crippen LogP) is -0.283. The highest BCUT2D eigenvalue weighted by molar-refractivity contribution is 4.49. The quantitative estimate of drug-likeness (QED) is 0.359. The van der Waals surface area contributed by atoms with Crippen molar-refractivity contribution in [1.82, 2.24) is 0 Å². The molecule has 1 unspecified atom stereocenters. The molecule has 0 saturated carbocycles. The summed E-state index contributed by atoms with van der Waals surface area (Å²) >= 11 is 0. The predicted molar refractivity (Wildman–Crippen MR) is 27.8 cm³/mol. The van der Waals surface area contributed by atoms with E-state index < -0.39 is 6.10 Å². The third kappa shape index (κ3) is 5.67. The molecular weight excluding hydrogens is 128 g/mol. The Balaban J connectivity index is 2.95. The van der Waals surface area contributed by atoms with E-state index >= 15 is 0 Å². The van der Waals surface area contributed by atoms with Crippen LogP contribution in [0, 0.1) is 0 Å². The maximum atomic E-state index is 8.70. The highest BCUT2D eigenvalue weighted by Gasteiger charge is 2.02. The summed E-state index contributed by atoms with van der Waals surface area (Å²) in [5.74, 6) is 0. The Kier molecular flexibility index (Phi) is 5.80. The van der Waals surface area contributed by atoms with Gasteiger partial charge in [-0.15, -0.1) is 0 Å². The fraction of sp³-hybridized carbons (Fsp3) is 1.00. The number of aliphatic hydroxyl groups is 1. The van der Waals surface area contributed by atoms with Crippen molar-refractivity contribution in [3.05, 3.63) is 0 Å². The molecule has 0 fully saturated rings. The summed E-state index contributed by atoms with van der Waals surface area (Å²) in [6.45, 7) is -0.131. The normalized spacial score (nSPS) is 13.7. The second kappa shape index (κ2) is 5.93. The minimum absolute atomic E-state index is 0.0323. The Labute approximate surface area is 52.3 Å². The maximum absolute atomic E-state index is 8.70. The van der Waals surface area contributed by atoms with Crippen LogP contribution in [0.25, 0.3) is 0 Å². The summed E-state index contributed by atoms with van der Waals surface area (Å²) in [5.41, 5.74) is 0. The molecule has 0 aliphatic carbocycles. The van der Waals surface area contributed by atoms with Crippen molar-refractivity contribution in [1.29, 1.82) is 0 Å². The van der Waals surface area contributed by atoms with Crippen molar-refractivity contribution < 1.29 is 25.4 Å². The van der Waals surface area contributed by atoms with Crippen molar-refractivity contribution in [2.75, 3.05) is 13.2 Å². The van der Waals surface area contributed by atoms with Crippen molar-refractivity contribution in [3.8, 4) is 0 Å². The van der Waals surface area contributed by atoms with Gasteiger partial charge in [0.1, 0.15) is 6.61 Å². The van der Waals surface area contributed by atoms with Gasteiger partial charge in [0.05, 0.1) is 12.7 Å². The van der Waals surface area contributed by atoms with Crippen LogP contribution in [-0.4, -0.2) is 34.9 Å². The van der Waals surface area contributed by atoms with Crippen molar-refractivity contribution in [2.45, 2.75) is 12.5 Å². The number of aliphatic hydroxyl groups excluding tert-OH is 1. The zero-order chi connectivity index (χ0) is 7.11. The molecule has 0 heterocycles. The van der Waals surface area contributed by atoms with E-state index in [1.54, 1.807) is 0 Å². The number of hydrogen-bond acceptors (Lipinski definition) is 5. The van der Waals surface area contributed by atoms with E-state index in [0.29, 0.717) is 0 Å².